The normalized spacial score (nSPS) is 15.6. The maximum atomic E-state index is 9.25. The Bertz CT molecular complexity index is 536. The number of benzene rings is 1. The van der Waals surface area contributed by atoms with Crippen LogP contribution in [0.1, 0.15) is 25.3 Å². The third-order valence-electron chi connectivity index (χ3n) is 2.82. The van der Waals surface area contributed by atoms with Gasteiger partial charge in [-0.25, -0.2) is 0 Å². The van der Waals surface area contributed by atoms with E-state index in [1.54, 1.807) is 12.1 Å². The second kappa shape index (κ2) is 5.51. The van der Waals surface area contributed by atoms with Crippen molar-refractivity contribution in [2.45, 2.75) is 25.8 Å². The molecule has 0 saturated heterocycles. The minimum absolute atomic E-state index is 0.515. The molecule has 1 saturated carbocycles. The molecule has 0 aliphatic heterocycles. The lowest BCUT2D eigenvalue weighted by Gasteiger charge is -2.09. The Balaban J connectivity index is 2.24. The summed E-state index contributed by atoms with van der Waals surface area (Å²) in [7, 11) is 0. The molecular formula is C14H13ClN2S. The van der Waals surface area contributed by atoms with Crippen molar-refractivity contribution in [2.24, 2.45) is 0 Å². The molecule has 0 radical (unpaired) electrons. The standard InChI is InChI=1S/C14H13ClN2S/c1-9(17-12-6-7-12)13(8-16)14(18)10-2-4-11(15)5-3-10/h2-5,12,17H,6-7H2,1H3. The Labute approximate surface area is 117 Å². The van der Waals surface area contributed by atoms with Crippen molar-refractivity contribution in [3.8, 4) is 6.07 Å². The van der Waals surface area contributed by atoms with Crippen molar-refractivity contribution in [3.63, 3.8) is 0 Å². The number of allylic oxidation sites excluding steroid dienone is 2. The average molecular weight is 277 g/mol. The molecule has 92 valence electrons. The van der Waals surface area contributed by atoms with E-state index in [4.69, 9.17) is 23.8 Å². The van der Waals surface area contributed by atoms with Gasteiger partial charge in [0.25, 0.3) is 0 Å². The van der Waals surface area contributed by atoms with E-state index in [-0.39, 0.29) is 0 Å². The lowest BCUT2D eigenvalue weighted by Crippen LogP contribution is -2.17. The lowest BCUT2D eigenvalue weighted by molar-refractivity contribution is 0.802. The number of nitrogens with one attached hydrogen (secondary N) is 1. The highest BCUT2D eigenvalue weighted by atomic mass is 35.5. The SMILES string of the molecule is CC(NC1CC1)=C(C#N)C(=S)c1ccc(Cl)cc1. The Morgan fingerprint density at radius 1 is 1.39 bits per heavy atom. The number of hydrogen-bond donors (Lipinski definition) is 1. The predicted molar refractivity (Wildman–Crippen MR) is 77.6 cm³/mol. The Morgan fingerprint density at radius 3 is 2.50 bits per heavy atom. The summed E-state index contributed by atoms with van der Waals surface area (Å²) in [5.74, 6) is 0. The maximum Gasteiger partial charge on any atom is 0.102 e. The van der Waals surface area contributed by atoms with Gasteiger partial charge in [-0.15, -0.1) is 0 Å². The molecule has 0 spiro atoms. The molecule has 18 heavy (non-hydrogen) atoms. The topological polar surface area (TPSA) is 35.8 Å². The highest BCUT2D eigenvalue weighted by molar-refractivity contribution is 7.81. The first kappa shape index (κ1) is 13.1. The van der Waals surface area contributed by atoms with Crippen LogP contribution in [0.25, 0.3) is 0 Å². The fraction of sp³-hybridized carbons (Fsp3) is 0.286. The van der Waals surface area contributed by atoms with Crippen molar-refractivity contribution in [1.29, 1.82) is 5.26 Å². The van der Waals surface area contributed by atoms with E-state index in [9.17, 15) is 5.26 Å². The molecule has 0 atom stereocenters. The summed E-state index contributed by atoms with van der Waals surface area (Å²) in [6.45, 7) is 1.90. The summed E-state index contributed by atoms with van der Waals surface area (Å²) >= 11 is 11.2. The maximum absolute atomic E-state index is 9.25. The monoisotopic (exact) mass is 276 g/mol. The van der Waals surface area contributed by atoms with Crippen molar-refractivity contribution in [3.05, 3.63) is 46.1 Å². The van der Waals surface area contributed by atoms with Gasteiger partial charge in [0, 0.05) is 16.8 Å². The summed E-state index contributed by atoms with van der Waals surface area (Å²) in [5, 5.41) is 13.2. The first-order valence-corrected chi connectivity index (χ1v) is 6.58. The van der Waals surface area contributed by atoms with Gasteiger partial charge in [0.05, 0.1) is 10.4 Å². The van der Waals surface area contributed by atoms with Crippen LogP contribution in [0.5, 0.6) is 0 Å². The first-order chi connectivity index (χ1) is 8.61. The van der Waals surface area contributed by atoms with Gasteiger partial charge in [0.15, 0.2) is 0 Å². The van der Waals surface area contributed by atoms with Crippen LogP contribution in [0.2, 0.25) is 5.02 Å². The highest BCUT2D eigenvalue weighted by Crippen LogP contribution is 2.22. The Hall–Kier alpha value is -1.37. The molecule has 0 bridgehead atoms. The summed E-state index contributed by atoms with van der Waals surface area (Å²) in [6, 6.07) is 9.94. The number of nitriles is 1. The van der Waals surface area contributed by atoms with Gasteiger partial charge in [-0.2, -0.15) is 5.26 Å². The van der Waals surface area contributed by atoms with Crippen molar-refractivity contribution in [1.82, 2.24) is 5.32 Å². The van der Waals surface area contributed by atoms with Crippen LogP contribution in [0, 0.1) is 11.3 Å². The molecule has 4 heteroatoms. The van der Waals surface area contributed by atoms with Crippen LogP contribution in [0.4, 0.5) is 0 Å². The van der Waals surface area contributed by atoms with E-state index in [2.05, 4.69) is 11.4 Å². The van der Waals surface area contributed by atoms with Gasteiger partial charge in [-0.05, 0) is 37.5 Å². The van der Waals surface area contributed by atoms with Gasteiger partial charge in [-0.1, -0.05) is 36.0 Å². The molecule has 2 rings (SSSR count). The second-order valence-electron chi connectivity index (χ2n) is 4.37. The molecule has 0 aromatic heterocycles. The summed E-state index contributed by atoms with van der Waals surface area (Å²) in [6.07, 6.45) is 2.34. The van der Waals surface area contributed by atoms with Crippen molar-refractivity contribution < 1.29 is 0 Å². The van der Waals surface area contributed by atoms with E-state index in [1.807, 2.05) is 19.1 Å². The third-order valence-corrected chi connectivity index (χ3v) is 3.51. The van der Waals surface area contributed by atoms with E-state index in [1.165, 1.54) is 12.8 Å². The molecule has 0 heterocycles. The number of rotatable bonds is 4. The van der Waals surface area contributed by atoms with E-state index in [0.717, 1.165) is 11.3 Å². The van der Waals surface area contributed by atoms with Crippen LogP contribution in [-0.2, 0) is 0 Å². The van der Waals surface area contributed by atoms with Gasteiger partial charge >= 0.3 is 0 Å². The van der Waals surface area contributed by atoms with Gasteiger partial charge < -0.3 is 5.32 Å². The minimum Gasteiger partial charge on any atom is -0.385 e. The molecular weight excluding hydrogens is 264 g/mol. The van der Waals surface area contributed by atoms with E-state index < -0.39 is 0 Å². The number of halogens is 1. The molecule has 0 amide bonds. The van der Waals surface area contributed by atoms with Crippen LogP contribution < -0.4 is 5.32 Å². The highest BCUT2D eigenvalue weighted by Gasteiger charge is 2.22. The smallest absolute Gasteiger partial charge is 0.102 e. The Morgan fingerprint density at radius 2 is 2.00 bits per heavy atom. The zero-order chi connectivity index (χ0) is 13.1. The molecule has 2 nitrogen and oxygen atoms in total. The summed E-state index contributed by atoms with van der Waals surface area (Å²) in [4.78, 5) is 0.569. The zero-order valence-electron chi connectivity index (χ0n) is 10.0. The van der Waals surface area contributed by atoms with Crippen molar-refractivity contribution >= 4 is 28.7 Å². The third kappa shape index (κ3) is 3.10. The number of thiocarbonyl (C=S) groups is 1. The first-order valence-electron chi connectivity index (χ1n) is 5.79. The number of hydrogen-bond acceptors (Lipinski definition) is 3. The molecule has 0 unspecified atom stereocenters. The predicted octanol–water partition coefficient (Wildman–Crippen LogP) is 3.61. The largest absolute Gasteiger partial charge is 0.385 e. The lowest BCUT2D eigenvalue weighted by atomic mass is 10.0. The van der Waals surface area contributed by atoms with E-state index >= 15 is 0 Å². The molecule has 1 aliphatic rings. The Kier molecular flexibility index (Phi) is 4.00. The van der Waals surface area contributed by atoms with Crippen LogP contribution >= 0.6 is 23.8 Å². The molecule has 1 aliphatic carbocycles. The van der Waals surface area contributed by atoms with Gasteiger partial charge in [-0.3, -0.25) is 0 Å². The second-order valence-corrected chi connectivity index (χ2v) is 5.21. The molecule has 1 aromatic rings. The summed E-state index contributed by atoms with van der Waals surface area (Å²) < 4.78 is 0. The van der Waals surface area contributed by atoms with Crippen LogP contribution in [0.3, 0.4) is 0 Å². The molecule has 1 fully saturated rings. The van der Waals surface area contributed by atoms with Gasteiger partial charge in [0.2, 0.25) is 0 Å². The van der Waals surface area contributed by atoms with Crippen LogP contribution in [-0.4, -0.2) is 10.9 Å². The fourth-order valence-electron chi connectivity index (χ4n) is 1.66. The van der Waals surface area contributed by atoms with E-state index in [0.29, 0.717) is 21.5 Å². The van der Waals surface area contributed by atoms with Gasteiger partial charge in [0.1, 0.15) is 6.07 Å². The average Bonchev–Trinajstić information content (AvgIpc) is 3.14. The number of nitrogens with zero attached hydrogens (tertiary/aromatic N) is 1. The molecule has 1 aromatic carbocycles. The zero-order valence-corrected chi connectivity index (χ0v) is 11.6. The molecule has 1 N–H and O–H groups in total. The van der Waals surface area contributed by atoms with Crippen LogP contribution in [0.15, 0.2) is 35.5 Å². The van der Waals surface area contributed by atoms with Crippen molar-refractivity contribution in [2.75, 3.05) is 0 Å². The fourth-order valence-corrected chi connectivity index (χ4v) is 2.12. The summed E-state index contributed by atoms with van der Waals surface area (Å²) in [5.41, 5.74) is 2.25. The quantitative estimate of drug-likeness (QED) is 0.395. The minimum atomic E-state index is 0.515.